The summed E-state index contributed by atoms with van der Waals surface area (Å²) in [7, 11) is 1.66. The molecule has 0 atom stereocenters. The third-order valence-electron chi connectivity index (χ3n) is 1.59. The minimum absolute atomic E-state index is 0.308. The molecule has 0 saturated carbocycles. The average molecular weight is 230 g/mol. The second-order valence-corrected chi connectivity index (χ2v) is 4.73. The van der Waals surface area contributed by atoms with Crippen LogP contribution in [-0.2, 0) is 9.47 Å². The van der Waals surface area contributed by atoms with Gasteiger partial charge in [0.25, 0.3) is 0 Å². The van der Waals surface area contributed by atoms with Gasteiger partial charge in [0.05, 0.1) is 13.2 Å². The summed E-state index contributed by atoms with van der Waals surface area (Å²) in [5.74, 6) is 0. The molecule has 5 heteroatoms. The minimum Gasteiger partial charge on any atom is -0.444 e. The Balaban J connectivity index is 3.76. The highest BCUT2D eigenvalue weighted by atomic mass is 16.6. The van der Waals surface area contributed by atoms with Crippen LogP contribution in [0.3, 0.4) is 0 Å². The van der Waals surface area contributed by atoms with Gasteiger partial charge in [-0.2, -0.15) is 0 Å². The van der Waals surface area contributed by atoms with E-state index in [1.165, 1.54) is 4.90 Å². The minimum atomic E-state index is -0.474. The molecule has 0 aromatic heterocycles. The molecule has 0 bridgehead atoms. The highest BCUT2D eigenvalue weighted by molar-refractivity contribution is 5.79. The number of nitrogens with zero attached hydrogens (tertiary/aromatic N) is 1. The van der Waals surface area contributed by atoms with Gasteiger partial charge >= 0.3 is 6.09 Å². The summed E-state index contributed by atoms with van der Waals surface area (Å²) in [4.78, 5) is 13.0. The van der Waals surface area contributed by atoms with Crippen molar-refractivity contribution in [2.45, 2.75) is 33.3 Å². The third-order valence-corrected chi connectivity index (χ3v) is 1.59. The Labute approximate surface area is 97.2 Å². The monoisotopic (exact) mass is 230 g/mol. The number of hydrogen-bond acceptors (Lipinski definition) is 4. The molecule has 0 aliphatic carbocycles. The van der Waals surface area contributed by atoms with Crippen LogP contribution in [0.4, 0.5) is 4.79 Å². The summed E-state index contributed by atoms with van der Waals surface area (Å²) in [6.45, 7) is 8.34. The number of carbonyl (C=O) groups excluding carboxylic acids is 1. The van der Waals surface area contributed by atoms with Gasteiger partial charge in [0, 0.05) is 19.3 Å². The fourth-order valence-electron chi connectivity index (χ4n) is 0.858. The number of rotatable bonds is 5. The van der Waals surface area contributed by atoms with E-state index in [9.17, 15) is 4.79 Å². The largest absolute Gasteiger partial charge is 0.444 e. The van der Waals surface area contributed by atoms with Gasteiger partial charge in [0.1, 0.15) is 5.60 Å². The fourth-order valence-corrected chi connectivity index (χ4v) is 0.858. The smallest absolute Gasteiger partial charge is 0.410 e. The second kappa shape index (κ2) is 6.48. The van der Waals surface area contributed by atoms with Crippen LogP contribution in [0.5, 0.6) is 0 Å². The van der Waals surface area contributed by atoms with Gasteiger partial charge in [-0.1, -0.05) is 0 Å². The van der Waals surface area contributed by atoms with Crippen molar-refractivity contribution in [3.63, 3.8) is 0 Å². The molecule has 0 unspecified atom stereocenters. The molecule has 0 heterocycles. The first-order chi connectivity index (χ1) is 7.22. The molecule has 0 spiro atoms. The molecule has 0 aromatic carbocycles. The lowest BCUT2D eigenvalue weighted by Gasteiger charge is -2.24. The molecule has 0 rings (SSSR count). The fraction of sp³-hybridized carbons (Fsp3) is 0.818. The van der Waals surface area contributed by atoms with Gasteiger partial charge < -0.3 is 19.8 Å². The Bertz CT molecular complexity index is 246. The van der Waals surface area contributed by atoms with Crippen molar-refractivity contribution in [3.05, 3.63) is 0 Å². The van der Waals surface area contributed by atoms with Crippen LogP contribution in [0, 0.1) is 5.41 Å². The predicted molar refractivity (Wildman–Crippen MR) is 63.1 cm³/mol. The van der Waals surface area contributed by atoms with Crippen molar-refractivity contribution < 1.29 is 14.3 Å². The first kappa shape index (κ1) is 14.9. The molecular formula is C11H22N2O3. The molecule has 0 aliphatic rings. The van der Waals surface area contributed by atoms with Crippen LogP contribution >= 0.6 is 0 Å². The van der Waals surface area contributed by atoms with E-state index in [0.717, 1.165) is 0 Å². The molecule has 16 heavy (non-hydrogen) atoms. The second-order valence-electron chi connectivity index (χ2n) is 4.73. The molecular weight excluding hydrogens is 208 g/mol. The average Bonchev–Trinajstić information content (AvgIpc) is 2.08. The van der Waals surface area contributed by atoms with Crippen molar-refractivity contribution >= 4 is 11.8 Å². The van der Waals surface area contributed by atoms with E-state index in [0.29, 0.717) is 25.5 Å². The van der Waals surface area contributed by atoms with Gasteiger partial charge in [0.15, 0.2) is 0 Å². The topological polar surface area (TPSA) is 62.6 Å². The van der Waals surface area contributed by atoms with Crippen LogP contribution < -0.4 is 0 Å². The van der Waals surface area contributed by atoms with Crippen molar-refractivity contribution in [2.24, 2.45) is 0 Å². The molecule has 0 aromatic rings. The van der Waals surface area contributed by atoms with Crippen molar-refractivity contribution in [2.75, 3.05) is 26.8 Å². The maximum absolute atomic E-state index is 11.5. The van der Waals surface area contributed by atoms with Crippen LogP contribution in [0.15, 0.2) is 0 Å². The summed E-state index contributed by atoms with van der Waals surface area (Å²) in [5.41, 5.74) is -0.00231. The van der Waals surface area contributed by atoms with E-state index >= 15 is 0 Å². The van der Waals surface area contributed by atoms with Crippen LogP contribution in [0.2, 0.25) is 0 Å². The Hall–Kier alpha value is -1.10. The number of amides is 1. The number of carbonyl (C=O) groups is 1. The highest BCUT2D eigenvalue weighted by Crippen LogP contribution is 2.08. The van der Waals surface area contributed by atoms with E-state index in [1.54, 1.807) is 14.0 Å². The Kier molecular flexibility index (Phi) is 6.03. The van der Waals surface area contributed by atoms with Gasteiger partial charge in [-0.15, -0.1) is 0 Å². The van der Waals surface area contributed by atoms with E-state index in [-0.39, 0.29) is 6.09 Å². The van der Waals surface area contributed by atoms with E-state index in [2.05, 4.69) is 0 Å². The lowest BCUT2D eigenvalue weighted by Crippen LogP contribution is -2.36. The summed E-state index contributed by atoms with van der Waals surface area (Å²) in [5, 5.41) is 7.15. The van der Waals surface area contributed by atoms with E-state index in [4.69, 9.17) is 14.9 Å². The molecule has 5 nitrogen and oxygen atoms in total. The third kappa shape index (κ3) is 8.23. The molecule has 0 aliphatic heterocycles. The molecule has 0 radical (unpaired) electrons. The molecule has 1 amide bonds. The van der Waals surface area contributed by atoms with Crippen LogP contribution in [0.25, 0.3) is 0 Å². The van der Waals surface area contributed by atoms with E-state index in [1.807, 2.05) is 20.8 Å². The molecule has 0 fully saturated rings. The zero-order chi connectivity index (χ0) is 12.8. The lowest BCUT2D eigenvalue weighted by atomic mass is 10.2. The Morgan fingerprint density at radius 2 is 1.94 bits per heavy atom. The highest BCUT2D eigenvalue weighted by Gasteiger charge is 2.19. The maximum Gasteiger partial charge on any atom is 0.410 e. The Morgan fingerprint density at radius 3 is 2.38 bits per heavy atom. The number of likely N-dealkylation sites (N-methyl/N-ethyl adjacent to an activating group) is 1. The van der Waals surface area contributed by atoms with E-state index < -0.39 is 5.60 Å². The van der Waals surface area contributed by atoms with Crippen LogP contribution in [0.1, 0.15) is 27.7 Å². The van der Waals surface area contributed by atoms with Crippen molar-refractivity contribution in [1.82, 2.24) is 4.90 Å². The first-order valence-electron chi connectivity index (χ1n) is 5.28. The quantitative estimate of drug-likeness (QED) is 0.579. The normalized spacial score (nSPS) is 11.1. The maximum atomic E-state index is 11.5. The predicted octanol–water partition coefficient (Wildman–Crippen LogP) is 1.91. The first-order valence-corrected chi connectivity index (χ1v) is 5.28. The standard InChI is InChI=1S/C11H22N2O3/c1-9(12)8-15-7-6-13(5)10(14)16-11(2,3)4/h12H,6-8H2,1-5H3. The summed E-state index contributed by atoms with van der Waals surface area (Å²) in [6.07, 6.45) is -0.359. The number of ether oxygens (including phenoxy) is 2. The number of nitrogens with one attached hydrogen (secondary N) is 1. The van der Waals surface area contributed by atoms with Gasteiger partial charge in [-0.05, 0) is 27.7 Å². The SMILES string of the molecule is CC(=N)COCCN(C)C(=O)OC(C)(C)C. The zero-order valence-corrected chi connectivity index (χ0v) is 10.8. The zero-order valence-electron chi connectivity index (χ0n) is 10.8. The van der Waals surface area contributed by atoms with Crippen LogP contribution in [-0.4, -0.2) is 49.1 Å². The molecule has 0 saturated heterocycles. The van der Waals surface area contributed by atoms with Gasteiger partial charge in [-0.25, -0.2) is 4.79 Å². The summed E-state index contributed by atoms with van der Waals surface area (Å²) in [6, 6.07) is 0. The van der Waals surface area contributed by atoms with Crippen molar-refractivity contribution in [1.29, 1.82) is 5.41 Å². The summed E-state index contributed by atoms with van der Waals surface area (Å²) < 4.78 is 10.3. The Morgan fingerprint density at radius 1 is 1.38 bits per heavy atom. The molecule has 94 valence electrons. The van der Waals surface area contributed by atoms with Gasteiger partial charge in [-0.3, -0.25) is 0 Å². The number of hydrogen-bond donors (Lipinski definition) is 1. The van der Waals surface area contributed by atoms with Gasteiger partial charge in [0.2, 0.25) is 0 Å². The molecule has 1 N–H and O–H groups in total. The van der Waals surface area contributed by atoms with Crippen molar-refractivity contribution in [3.8, 4) is 0 Å². The summed E-state index contributed by atoms with van der Waals surface area (Å²) >= 11 is 0. The lowest BCUT2D eigenvalue weighted by molar-refractivity contribution is 0.0248.